The highest BCUT2D eigenvalue weighted by Gasteiger charge is 2.36. The largest absolute Gasteiger partial charge is 0.368 e. The van der Waals surface area contributed by atoms with E-state index in [-0.39, 0.29) is 36.0 Å². The Balaban J connectivity index is 0.979. The van der Waals surface area contributed by atoms with Gasteiger partial charge in [-0.1, -0.05) is 37.3 Å². The summed E-state index contributed by atoms with van der Waals surface area (Å²) in [5.74, 6) is 0.142. The number of amides is 4. The molecule has 8 rings (SSSR count). The van der Waals surface area contributed by atoms with Crippen LogP contribution in [0, 0.1) is 18.8 Å². The molecule has 12 nitrogen and oxygen atoms in total. The van der Waals surface area contributed by atoms with Crippen molar-refractivity contribution >= 4 is 41.6 Å². The number of hydrogen-bond acceptors (Lipinski definition) is 8. The molecule has 0 bridgehead atoms. The molecule has 4 aliphatic heterocycles. The molecule has 0 spiro atoms. The Labute approximate surface area is 354 Å². The average molecular weight is 813 g/mol. The number of aliphatic imine (C=N–C) groups is 1. The summed E-state index contributed by atoms with van der Waals surface area (Å²) in [4.78, 5) is 73.6. The number of piperidine rings is 2. The van der Waals surface area contributed by atoms with Gasteiger partial charge in [0.05, 0.1) is 6.54 Å². The predicted molar refractivity (Wildman–Crippen MR) is 235 cm³/mol. The number of nitrogens with one attached hydrogen (secondary N) is 2. The Kier molecular flexibility index (Phi) is 13.0. The number of likely N-dealkylation sites (tertiary alicyclic amines) is 2. The minimum atomic E-state index is -0.907. The molecule has 1 aromatic heterocycles. The number of benzene rings is 2. The van der Waals surface area contributed by atoms with Crippen LogP contribution < -0.4 is 15.5 Å². The average Bonchev–Trinajstić information content (AvgIpc) is 3.76. The molecular formula is C48H60N8O4. The van der Waals surface area contributed by atoms with Crippen molar-refractivity contribution in [3.63, 3.8) is 0 Å². The Morgan fingerprint density at radius 3 is 2.33 bits per heavy atom. The zero-order valence-electron chi connectivity index (χ0n) is 35.3. The molecule has 316 valence electrons. The van der Waals surface area contributed by atoms with Gasteiger partial charge in [-0.05, 0) is 140 Å². The SMILES string of the molecule is CCCN1CCC(C[C@H](NC(=O)[C@@H](Cc2cc(C)c3c(c2)C=NC3)NC(=O)N2CCC(C3=Cc4ccccc4CC3=O)CC2)C(=O)N2CCN(c3ccncc3)CC2)CC1. The number of carbonyl (C=O) groups is 4. The molecule has 4 amide bonds. The molecule has 0 unspecified atom stereocenters. The van der Waals surface area contributed by atoms with E-state index in [1.807, 2.05) is 47.5 Å². The number of nitrogens with zero attached hydrogens (tertiary/aromatic N) is 6. The number of hydrogen-bond donors (Lipinski definition) is 2. The van der Waals surface area contributed by atoms with E-state index in [9.17, 15) is 19.2 Å². The van der Waals surface area contributed by atoms with Gasteiger partial charge >= 0.3 is 6.03 Å². The number of Topliss-reactive ketones (excluding diaryl/α,β-unsaturated/α-hetero) is 1. The Hall–Kier alpha value is -5.36. The Bertz CT molecular complexity index is 2100. The quantitative estimate of drug-likeness (QED) is 0.257. The lowest BCUT2D eigenvalue weighted by atomic mass is 9.80. The third kappa shape index (κ3) is 9.65. The van der Waals surface area contributed by atoms with E-state index in [4.69, 9.17) is 0 Å². The zero-order chi connectivity index (χ0) is 41.6. The van der Waals surface area contributed by atoms with Crippen LogP contribution in [0.3, 0.4) is 0 Å². The third-order valence-electron chi connectivity index (χ3n) is 13.4. The lowest BCUT2D eigenvalue weighted by Crippen LogP contribution is -2.59. The molecule has 5 heterocycles. The van der Waals surface area contributed by atoms with Crippen LogP contribution in [0.2, 0.25) is 0 Å². The lowest BCUT2D eigenvalue weighted by Gasteiger charge is -2.39. The van der Waals surface area contributed by atoms with E-state index >= 15 is 0 Å². The number of urea groups is 1. The van der Waals surface area contributed by atoms with Crippen molar-refractivity contribution in [2.75, 3.05) is 63.8 Å². The summed E-state index contributed by atoms with van der Waals surface area (Å²) in [6.07, 6.45) is 13.2. The maximum atomic E-state index is 14.7. The normalized spacial score (nSPS) is 19.7. The second kappa shape index (κ2) is 18.9. The minimum absolute atomic E-state index is 0.0559. The molecule has 2 aromatic carbocycles. The van der Waals surface area contributed by atoms with E-state index < -0.39 is 12.1 Å². The van der Waals surface area contributed by atoms with Crippen molar-refractivity contribution in [3.05, 3.63) is 99.9 Å². The fourth-order valence-electron chi connectivity index (χ4n) is 9.94. The van der Waals surface area contributed by atoms with Gasteiger partial charge in [0.1, 0.15) is 12.1 Å². The summed E-state index contributed by atoms with van der Waals surface area (Å²) in [6.45, 7) is 11.4. The van der Waals surface area contributed by atoms with Crippen molar-refractivity contribution in [2.45, 2.75) is 83.8 Å². The van der Waals surface area contributed by atoms with E-state index in [2.05, 4.69) is 62.5 Å². The topological polar surface area (TPSA) is 131 Å². The summed E-state index contributed by atoms with van der Waals surface area (Å²) >= 11 is 0. The monoisotopic (exact) mass is 812 g/mol. The number of ketones is 1. The number of allylic oxidation sites excluding steroid dienone is 1. The van der Waals surface area contributed by atoms with Crippen LogP contribution in [0.5, 0.6) is 0 Å². The molecule has 60 heavy (non-hydrogen) atoms. The number of aromatic nitrogens is 1. The van der Waals surface area contributed by atoms with Crippen LogP contribution in [-0.4, -0.2) is 121 Å². The van der Waals surface area contributed by atoms with E-state index in [1.54, 1.807) is 17.3 Å². The summed E-state index contributed by atoms with van der Waals surface area (Å²) < 4.78 is 0. The van der Waals surface area contributed by atoms with Gasteiger partial charge in [0, 0.05) is 76.4 Å². The highest BCUT2D eigenvalue weighted by molar-refractivity contribution is 6.04. The van der Waals surface area contributed by atoms with Crippen LogP contribution in [0.4, 0.5) is 10.5 Å². The van der Waals surface area contributed by atoms with Crippen molar-refractivity contribution in [1.29, 1.82) is 0 Å². The molecule has 0 radical (unpaired) electrons. The van der Waals surface area contributed by atoms with Gasteiger partial charge < -0.3 is 30.2 Å². The second-order valence-electron chi connectivity index (χ2n) is 17.4. The molecule has 3 fully saturated rings. The molecule has 3 aromatic rings. The maximum absolute atomic E-state index is 14.7. The molecular weight excluding hydrogens is 753 g/mol. The van der Waals surface area contributed by atoms with E-state index in [0.717, 1.165) is 78.0 Å². The van der Waals surface area contributed by atoms with E-state index in [0.29, 0.717) is 77.4 Å². The highest BCUT2D eigenvalue weighted by Crippen LogP contribution is 2.32. The lowest BCUT2D eigenvalue weighted by molar-refractivity contribution is -0.137. The number of rotatable bonds is 12. The molecule has 12 heteroatoms. The third-order valence-corrected chi connectivity index (χ3v) is 13.4. The van der Waals surface area contributed by atoms with Gasteiger partial charge in [0.25, 0.3) is 0 Å². The first-order valence-electron chi connectivity index (χ1n) is 22.2. The fraction of sp³-hybridized carbons (Fsp3) is 0.500. The van der Waals surface area contributed by atoms with Crippen LogP contribution in [-0.2, 0) is 33.8 Å². The number of carbonyl (C=O) groups excluding carboxylic acids is 4. The van der Waals surface area contributed by atoms with Gasteiger partial charge in [0.15, 0.2) is 5.78 Å². The van der Waals surface area contributed by atoms with Crippen molar-refractivity contribution < 1.29 is 19.2 Å². The summed E-state index contributed by atoms with van der Waals surface area (Å²) in [6, 6.07) is 14.3. The van der Waals surface area contributed by atoms with Crippen LogP contribution >= 0.6 is 0 Å². The second-order valence-corrected chi connectivity index (χ2v) is 17.4. The molecule has 0 saturated carbocycles. The van der Waals surface area contributed by atoms with Gasteiger partial charge in [-0.15, -0.1) is 0 Å². The van der Waals surface area contributed by atoms with Crippen molar-refractivity contribution in [2.24, 2.45) is 16.8 Å². The zero-order valence-corrected chi connectivity index (χ0v) is 35.3. The Morgan fingerprint density at radius 1 is 0.833 bits per heavy atom. The Morgan fingerprint density at radius 2 is 1.58 bits per heavy atom. The first-order valence-corrected chi connectivity index (χ1v) is 22.2. The molecule has 1 aliphatic carbocycles. The van der Waals surface area contributed by atoms with Crippen LogP contribution in [0.15, 0.2) is 71.5 Å². The number of piperazine rings is 1. The van der Waals surface area contributed by atoms with Crippen molar-refractivity contribution in [3.8, 4) is 0 Å². The van der Waals surface area contributed by atoms with Gasteiger partial charge in [-0.3, -0.25) is 24.4 Å². The summed E-state index contributed by atoms with van der Waals surface area (Å²) in [5, 5.41) is 6.36. The number of aryl methyl sites for hydroxylation is 1. The molecule has 5 aliphatic rings. The number of anilines is 1. The van der Waals surface area contributed by atoms with Gasteiger partial charge in [-0.25, -0.2) is 4.79 Å². The highest BCUT2D eigenvalue weighted by atomic mass is 16.2. The smallest absolute Gasteiger partial charge is 0.318 e. The maximum Gasteiger partial charge on any atom is 0.318 e. The molecule has 3 saturated heterocycles. The summed E-state index contributed by atoms with van der Waals surface area (Å²) in [5.41, 5.74) is 8.36. The predicted octanol–water partition coefficient (Wildman–Crippen LogP) is 5.21. The van der Waals surface area contributed by atoms with Crippen LogP contribution in [0.1, 0.15) is 78.8 Å². The minimum Gasteiger partial charge on any atom is -0.368 e. The number of pyridine rings is 1. The van der Waals surface area contributed by atoms with E-state index in [1.165, 1.54) is 5.56 Å². The number of fused-ring (bicyclic) bond motifs is 2. The first-order chi connectivity index (χ1) is 29.2. The van der Waals surface area contributed by atoms with Crippen molar-refractivity contribution in [1.82, 2.24) is 30.3 Å². The standard InChI is InChI=1S/C48H60N8O4/c1-3-16-53-17-10-34(11-18-53)27-44(47(59)55-23-21-54(22-24-55)40-8-14-49-15-9-40)51-46(58)43(28-35-25-33(2)42-32-50-31-39(42)26-35)52-48(60)56-19-12-36(13-20-56)41-29-37-6-4-5-7-38(37)30-45(41)57/h4-9,14-15,25-26,29,31,34,36,43-44H,3,10-13,16-24,27-28,30,32H2,1-2H3,(H,51,58)(H,52,60)/t43-,44+/m1/s1. The van der Waals surface area contributed by atoms with Crippen LogP contribution in [0.25, 0.3) is 6.08 Å². The summed E-state index contributed by atoms with van der Waals surface area (Å²) in [7, 11) is 0. The van der Waals surface area contributed by atoms with Gasteiger partial charge in [-0.2, -0.15) is 0 Å². The molecule has 2 N–H and O–H groups in total. The first kappa shape index (κ1) is 41.4. The van der Waals surface area contributed by atoms with Gasteiger partial charge in [0.2, 0.25) is 11.8 Å². The fourth-order valence-corrected chi connectivity index (χ4v) is 9.94. The molecule has 2 atom stereocenters.